The van der Waals surface area contributed by atoms with Gasteiger partial charge in [-0.2, -0.15) is 0 Å². The van der Waals surface area contributed by atoms with Crippen molar-refractivity contribution in [3.05, 3.63) is 12.7 Å². The number of carbonyl (C=O) groups is 1. The molecule has 0 fully saturated rings. The average molecular weight is 319 g/mol. The lowest BCUT2D eigenvalue weighted by Crippen LogP contribution is -2.50. The third kappa shape index (κ3) is 7.33. The molecule has 1 amide bonds. The zero-order valence-corrected chi connectivity index (χ0v) is 13.1. The molecule has 0 aromatic heterocycles. The number of amides is 1. The molecule has 0 aliphatic heterocycles. The van der Waals surface area contributed by atoms with Gasteiger partial charge in [0.1, 0.15) is 24.4 Å². The number of nitrogens with zero attached hydrogens (tertiary/aromatic N) is 1. The SMILES string of the molecule is C=CC(=O)N(CCCCCC)C[C@H](O)[C@@H](O)[C@@H](O)[C@H](O)CO. The molecule has 0 unspecified atom stereocenters. The minimum Gasteiger partial charge on any atom is -0.394 e. The molecule has 0 heterocycles. The topological polar surface area (TPSA) is 121 Å². The van der Waals surface area contributed by atoms with Crippen molar-refractivity contribution >= 4 is 5.91 Å². The van der Waals surface area contributed by atoms with Crippen LogP contribution in [0.5, 0.6) is 0 Å². The van der Waals surface area contributed by atoms with E-state index < -0.39 is 31.0 Å². The highest BCUT2D eigenvalue weighted by molar-refractivity contribution is 5.87. The largest absolute Gasteiger partial charge is 0.394 e. The smallest absolute Gasteiger partial charge is 0.246 e. The summed E-state index contributed by atoms with van der Waals surface area (Å²) in [6.45, 7) is 4.95. The second kappa shape index (κ2) is 11.6. The maximum Gasteiger partial charge on any atom is 0.246 e. The van der Waals surface area contributed by atoms with Crippen LogP contribution in [-0.4, -0.2) is 80.5 Å². The van der Waals surface area contributed by atoms with Gasteiger partial charge in [-0.05, 0) is 12.5 Å². The monoisotopic (exact) mass is 319 g/mol. The van der Waals surface area contributed by atoms with E-state index in [1.807, 2.05) is 0 Å². The molecule has 0 aliphatic carbocycles. The molecular weight excluding hydrogens is 290 g/mol. The summed E-state index contributed by atoms with van der Waals surface area (Å²) in [5.74, 6) is -0.375. The van der Waals surface area contributed by atoms with Crippen LogP contribution in [0.15, 0.2) is 12.7 Å². The van der Waals surface area contributed by atoms with E-state index in [1.54, 1.807) is 0 Å². The van der Waals surface area contributed by atoms with Gasteiger partial charge in [-0.1, -0.05) is 32.8 Å². The molecule has 0 saturated carbocycles. The van der Waals surface area contributed by atoms with Crippen LogP contribution < -0.4 is 0 Å². The number of carbonyl (C=O) groups excluding carboxylic acids is 1. The molecule has 5 N–H and O–H groups in total. The third-order valence-electron chi connectivity index (χ3n) is 3.50. The zero-order valence-electron chi connectivity index (χ0n) is 13.1. The van der Waals surface area contributed by atoms with Gasteiger partial charge in [0.15, 0.2) is 0 Å². The number of rotatable bonds is 12. The number of hydrogen-bond acceptors (Lipinski definition) is 6. The van der Waals surface area contributed by atoms with Crippen LogP contribution in [0.2, 0.25) is 0 Å². The van der Waals surface area contributed by atoms with Gasteiger partial charge in [-0.15, -0.1) is 0 Å². The van der Waals surface area contributed by atoms with Gasteiger partial charge in [-0.25, -0.2) is 0 Å². The van der Waals surface area contributed by atoms with Crippen molar-refractivity contribution in [3.63, 3.8) is 0 Å². The summed E-state index contributed by atoms with van der Waals surface area (Å²) in [6.07, 6.45) is -1.43. The van der Waals surface area contributed by atoms with E-state index in [1.165, 1.54) is 4.90 Å². The molecule has 0 spiro atoms. The Bertz CT molecular complexity index is 325. The molecule has 0 bridgehead atoms. The van der Waals surface area contributed by atoms with Gasteiger partial charge in [0.25, 0.3) is 0 Å². The summed E-state index contributed by atoms with van der Waals surface area (Å²) in [5, 5.41) is 47.3. The molecule has 0 aromatic rings. The summed E-state index contributed by atoms with van der Waals surface area (Å²) < 4.78 is 0. The first kappa shape index (κ1) is 21.0. The summed E-state index contributed by atoms with van der Waals surface area (Å²) in [5.41, 5.74) is 0. The number of aliphatic hydroxyl groups is 5. The van der Waals surface area contributed by atoms with Crippen molar-refractivity contribution in [1.82, 2.24) is 4.90 Å². The fourth-order valence-electron chi connectivity index (χ4n) is 2.05. The maximum atomic E-state index is 11.8. The molecule has 0 aromatic carbocycles. The maximum absolute atomic E-state index is 11.8. The summed E-state index contributed by atoms with van der Waals surface area (Å²) >= 11 is 0. The Kier molecular flexibility index (Phi) is 11.0. The number of unbranched alkanes of at least 4 members (excludes halogenated alkanes) is 3. The Morgan fingerprint density at radius 1 is 1.09 bits per heavy atom. The first-order valence-electron chi connectivity index (χ1n) is 7.63. The Labute approximate surface area is 131 Å². The molecule has 130 valence electrons. The highest BCUT2D eigenvalue weighted by Gasteiger charge is 2.31. The van der Waals surface area contributed by atoms with E-state index in [0.29, 0.717) is 6.54 Å². The van der Waals surface area contributed by atoms with E-state index in [4.69, 9.17) is 5.11 Å². The van der Waals surface area contributed by atoms with Crippen molar-refractivity contribution < 1.29 is 30.3 Å². The second-order valence-electron chi connectivity index (χ2n) is 5.35. The molecule has 0 radical (unpaired) electrons. The first-order chi connectivity index (χ1) is 10.4. The predicted octanol–water partition coefficient (Wildman–Crippen LogP) is -0.983. The summed E-state index contributed by atoms with van der Waals surface area (Å²) in [6, 6.07) is 0. The minimum atomic E-state index is -1.69. The van der Waals surface area contributed by atoms with Gasteiger partial charge in [-0.3, -0.25) is 4.79 Å². The van der Waals surface area contributed by atoms with Crippen molar-refractivity contribution in [2.24, 2.45) is 0 Å². The molecule has 4 atom stereocenters. The van der Waals surface area contributed by atoms with Crippen molar-refractivity contribution in [2.75, 3.05) is 19.7 Å². The Balaban J connectivity index is 4.56. The molecule has 0 rings (SSSR count). The van der Waals surface area contributed by atoms with Crippen LogP contribution in [0.3, 0.4) is 0 Å². The van der Waals surface area contributed by atoms with E-state index in [9.17, 15) is 25.2 Å². The minimum absolute atomic E-state index is 0.187. The first-order valence-corrected chi connectivity index (χ1v) is 7.63. The Hall–Kier alpha value is -0.990. The lowest BCUT2D eigenvalue weighted by atomic mass is 10.0. The summed E-state index contributed by atoms with van der Waals surface area (Å²) in [7, 11) is 0. The second-order valence-corrected chi connectivity index (χ2v) is 5.35. The summed E-state index contributed by atoms with van der Waals surface area (Å²) in [4.78, 5) is 13.1. The van der Waals surface area contributed by atoms with E-state index in [0.717, 1.165) is 31.8 Å². The van der Waals surface area contributed by atoms with E-state index in [-0.39, 0.29) is 12.5 Å². The van der Waals surface area contributed by atoms with Gasteiger partial charge in [0.2, 0.25) is 5.91 Å². The van der Waals surface area contributed by atoms with Crippen molar-refractivity contribution in [2.45, 2.75) is 57.0 Å². The van der Waals surface area contributed by atoms with E-state index in [2.05, 4.69) is 13.5 Å². The van der Waals surface area contributed by atoms with Crippen LogP contribution >= 0.6 is 0 Å². The molecule has 0 aliphatic rings. The van der Waals surface area contributed by atoms with E-state index >= 15 is 0 Å². The molecule has 0 saturated heterocycles. The van der Waals surface area contributed by atoms with Crippen LogP contribution in [-0.2, 0) is 4.79 Å². The predicted molar refractivity (Wildman–Crippen MR) is 82.0 cm³/mol. The van der Waals surface area contributed by atoms with Crippen molar-refractivity contribution in [3.8, 4) is 0 Å². The zero-order chi connectivity index (χ0) is 17.1. The quantitative estimate of drug-likeness (QED) is 0.233. The average Bonchev–Trinajstić information content (AvgIpc) is 2.54. The van der Waals surface area contributed by atoms with Gasteiger partial charge in [0, 0.05) is 13.1 Å². The van der Waals surface area contributed by atoms with Gasteiger partial charge in [0.05, 0.1) is 6.61 Å². The Morgan fingerprint density at radius 3 is 2.18 bits per heavy atom. The molecule has 7 heteroatoms. The third-order valence-corrected chi connectivity index (χ3v) is 3.50. The standard InChI is InChI=1S/C15H29NO6/c1-3-5-6-7-8-16(13(20)4-2)9-11(18)14(21)15(22)12(19)10-17/h4,11-12,14-15,17-19,21-22H,2-3,5-10H2,1H3/t11-,12+,14+,15-/m0/s1. The highest BCUT2D eigenvalue weighted by atomic mass is 16.4. The number of aliphatic hydroxyl groups excluding tert-OH is 5. The van der Waals surface area contributed by atoms with Crippen LogP contribution in [0.25, 0.3) is 0 Å². The highest BCUT2D eigenvalue weighted by Crippen LogP contribution is 2.09. The molecule has 22 heavy (non-hydrogen) atoms. The molecule has 7 nitrogen and oxygen atoms in total. The molecular formula is C15H29NO6. The number of hydrogen-bond donors (Lipinski definition) is 5. The van der Waals surface area contributed by atoms with Crippen LogP contribution in [0, 0.1) is 0 Å². The van der Waals surface area contributed by atoms with Crippen molar-refractivity contribution in [1.29, 1.82) is 0 Å². The normalized spacial score (nSPS) is 16.6. The lowest BCUT2D eigenvalue weighted by molar-refractivity contribution is -0.135. The van der Waals surface area contributed by atoms with Crippen LogP contribution in [0.1, 0.15) is 32.6 Å². The Morgan fingerprint density at radius 2 is 1.68 bits per heavy atom. The van der Waals surface area contributed by atoms with Gasteiger partial charge < -0.3 is 30.4 Å². The van der Waals surface area contributed by atoms with Gasteiger partial charge >= 0.3 is 0 Å². The lowest BCUT2D eigenvalue weighted by Gasteiger charge is -2.30. The van der Waals surface area contributed by atoms with Crippen LogP contribution in [0.4, 0.5) is 0 Å². The fraction of sp³-hybridized carbons (Fsp3) is 0.800. The fourth-order valence-corrected chi connectivity index (χ4v) is 2.05.